The Hall–Kier alpha value is -0.120. The number of piperidine rings is 1. The van der Waals surface area contributed by atoms with Crippen molar-refractivity contribution in [1.82, 2.24) is 5.06 Å². The Labute approximate surface area is 99.4 Å². The van der Waals surface area contributed by atoms with Gasteiger partial charge in [-0.05, 0) is 47.0 Å². The first-order valence-corrected chi connectivity index (χ1v) is 6.35. The molecule has 2 N–H and O–H groups in total. The van der Waals surface area contributed by atoms with Crippen molar-refractivity contribution in [3.8, 4) is 0 Å². The van der Waals surface area contributed by atoms with E-state index in [0.29, 0.717) is 12.8 Å². The summed E-state index contributed by atoms with van der Waals surface area (Å²) in [5.74, 6) is 0. The van der Waals surface area contributed by atoms with Crippen LogP contribution in [0.5, 0.6) is 0 Å². The zero-order chi connectivity index (χ0) is 12.6. The Balaban J connectivity index is 2.85. The summed E-state index contributed by atoms with van der Waals surface area (Å²) in [6, 6.07) is 0. The van der Waals surface area contributed by atoms with Gasteiger partial charge in [0.1, 0.15) is 0 Å². The molecule has 0 atom stereocenters. The van der Waals surface area contributed by atoms with Crippen molar-refractivity contribution in [2.24, 2.45) is 0 Å². The van der Waals surface area contributed by atoms with E-state index in [0.717, 1.165) is 19.3 Å². The molecule has 0 saturated carbocycles. The van der Waals surface area contributed by atoms with E-state index in [9.17, 15) is 10.3 Å². The topological polar surface area (TPSA) is 43.7 Å². The van der Waals surface area contributed by atoms with Crippen molar-refractivity contribution >= 4 is 0 Å². The fourth-order valence-electron chi connectivity index (χ4n) is 3.32. The molecule has 96 valence electrons. The summed E-state index contributed by atoms with van der Waals surface area (Å²) < 4.78 is 0. The molecule has 0 aromatic carbocycles. The number of rotatable bonds is 3. The van der Waals surface area contributed by atoms with Gasteiger partial charge in [-0.25, -0.2) is 0 Å². The maximum Gasteiger partial charge on any atom is 0.0684 e. The molecule has 0 aromatic heterocycles. The van der Waals surface area contributed by atoms with Crippen LogP contribution >= 0.6 is 0 Å². The largest absolute Gasteiger partial charge is 0.390 e. The van der Waals surface area contributed by atoms with Crippen molar-refractivity contribution in [2.75, 3.05) is 0 Å². The van der Waals surface area contributed by atoms with Crippen LogP contribution in [0.2, 0.25) is 0 Å². The minimum absolute atomic E-state index is 0.357. The van der Waals surface area contributed by atoms with Crippen molar-refractivity contribution in [3.63, 3.8) is 0 Å². The van der Waals surface area contributed by atoms with E-state index in [2.05, 4.69) is 6.92 Å². The summed E-state index contributed by atoms with van der Waals surface area (Å²) in [6.45, 7) is 10.1. The van der Waals surface area contributed by atoms with Gasteiger partial charge in [-0.15, -0.1) is 0 Å². The highest BCUT2D eigenvalue weighted by Gasteiger charge is 2.50. The summed E-state index contributed by atoms with van der Waals surface area (Å²) in [6.07, 6.45) is 4.27. The van der Waals surface area contributed by atoms with Gasteiger partial charge >= 0.3 is 0 Å². The van der Waals surface area contributed by atoms with Crippen LogP contribution in [-0.4, -0.2) is 32.1 Å². The number of hydrogen-bond acceptors (Lipinski definition) is 3. The fourth-order valence-corrected chi connectivity index (χ4v) is 3.32. The van der Waals surface area contributed by atoms with E-state index in [-0.39, 0.29) is 11.1 Å². The molecule has 1 heterocycles. The van der Waals surface area contributed by atoms with Gasteiger partial charge in [0.15, 0.2) is 0 Å². The molecule has 3 nitrogen and oxygen atoms in total. The second kappa shape index (κ2) is 4.28. The zero-order valence-electron chi connectivity index (χ0n) is 11.4. The van der Waals surface area contributed by atoms with E-state index >= 15 is 0 Å². The predicted octanol–water partition coefficient (Wildman–Crippen LogP) is 2.95. The van der Waals surface area contributed by atoms with E-state index < -0.39 is 5.60 Å². The molecule has 0 aromatic rings. The maximum absolute atomic E-state index is 10.7. The van der Waals surface area contributed by atoms with E-state index in [1.54, 1.807) is 0 Å². The first-order valence-electron chi connectivity index (χ1n) is 6.35. The predicted molar refractivity (Wildman–Crippen MR) is 65.5 cm³/mol. The molecule has 0 unspecified atom stereocenters. The van der Waals surface area contributed by atoms with Crippen LogP contribution in [0.4, 0.5) is 0 Å². The van der Waals surface area contributed by atoms with E-state index in [4.69, 9.17) is 0 Å². The highest BCUT2D eigenvalue weighted by atomic mass is 16.5. The minimum atomic E-state index is -0.623. The first kappa shape index (κ1) is 13.9. The lowest BCUT2D eigenvalue weighted by atomic mass is 9.70. The number of hydrogen-bond donors (Lipinski definition) is 2. The molecule has 1 saturated heterocycles. The summed E-state index contributed by atoms with van der Waals surface area (Å²) in [7, 11) is 0. The standard InChI is InChI=1S/C13H27NO2/c1-6-7-8-13(15)9-11(2,3)14(16)12(4,5)10-13/h15-16H,6-10H2,1-5H3. The second-order valence-electron chi connectivity index (χ2n) is 6.62. The molecular formula is C13H27NO2. The van der Waals surface area contributed by atoms with Gasteiger partial charge in [0.25, 0.3) is 0 Å². The molecule has 1 fully saturated rings. The second-order valence-corrected chi connectivity index (χ2v) is 6.62. The van der Waals surface area contributed by atoms with E-state index in [1.807, 2.05) is 27.7 Å². The van der Waals surface area contributed by atoms with Gasteiger partial charge in [0.2, 0.25) is 0 Å². The van der Waals surface area contributed by atoms with Crippen LogP contribution in [0.1, 0.15) is 66.7 Å². The Morgan fingerprint density at radius 1 is 1.06 bits per heavy atom. The van der Waals surface area contributed by atoms with Crippen molar-refractivity contribution in [3.05, 3.63) is 0 Å². The molecule has 1 aliphatic rings. The Morgan fingerprint density at radius 2 is 1.50 bits per heavy atom. The third-order valence-corrected chi connectivity index (χ3v) is 3.67. The summed E-state index contributed by atoms with van der Waals surface area (Å²) in [5, 5.41) is 22.2. The average molecular weight is 229 g/mol. The van der Waals surface area contributed by atoms with Crippen LogP contribution in [0.3, 0.4) is 0 Å². The molecule has 0 aliphatic carbocycles. The lowest BCUT2D eigenvalue weighted by Crippen LogP contribution is -2.64. The first-order chi connectivity index (χ1) is 7.13. The third-order valence-electron chi connectivity index (χ3n) is 3.67. The maximum atomic E-state index is 10.7. The van der Waals surface area contributed by atoms with Crippen molar-refractivity contribution < 1.29 is 10.3 Å². The summed E-state index contributed by atoms with van der Waals surface area (Å²) in [5.41, 5.74) is -1.34. The lowest BCUT2D eigenvalue weighted by Gasteiger charge is -2.54. The number of aliphatic hydroxyl groups is 1. The third kappa shape index (κ3) is 2.76. The van der Waals surface area contributed by atoms with Gasteiger partial charge in [0, 0.05) is 11.1 Å². The minimum Gasteiger partial charge on any atom is -0.390 e. The van der Waals surface area contributed by atoms with Crippen LogP contribution in [0, 0.1) is 0 Å². The van der Waals surface area contributed by atoms with Gasteiger partial charge in [-0.2, -0.15) is 5.06 Å². The van der Waals surface area contributed by atoms with Crippen molar-refractivity contribution in [2.45, 2.75) is 83.4 Å². The summed E-state index contributed by atoms with van der Waals surface area (Å²) >= 11 is 0. The highest BCUT2D eigenvalue weighted by Crippen LogP contribution is 2.44. The Morgan fingerprint density at radius 3 is 1.88 bits per heavy atom. The molecule has 3 heteroatoms. The molecule has 0 radical (unpaired) electrons. The van der Waals surface area contributed by atoms with Crippen LogP contribution < -0.4 is 0 Å². The van der Waals surface area contributed by atoms with Crippen LogP contribution in [-0.2, 0) is 0 Å². The van der Waals surface area contributed by atoms with Crippen LogP contribution in [0.15, 0.2) is 0 Å². The van der Waals surface area contributed by atoms with Gasteiger partial charge in [0.05, 0.1) is 5.60 Å². The highest BCUT2D eigenvalue weighted by molar-refractivity contribution is 5.03. The van der Waals surface area contributed by atoms with Crippen molar-refractivity contribution in [1.29, 1.82) is 0 Å². The number of hydroxylamine groups is 2. The molecule has 0 bridgehead atoms. The number of unbranched alkanes of at least 4 members (excludes halogenated alkanes) is 1. The average Bonchev–Trinajstić information content (AvgIpc) is 2.10. The Bertz CT molecular complexity index is 230. The molecule has 0 spiro atoms. The smallest absolute Gasteiger partial charge is 0.0684 e. The van der Waals surface area contributed by atoms with Gasteiger partial charge in [-0.1, -0.05) is 19.8 Å². The summed E-state index contributed by atoms with van der Waals surface area (Å²) in [4.78, 5) is 0. The Kier molecular flexibility index (Phi) is 3.73. The van der Waals surface area contributed by atoms with Gasteiger partial charge in [-0.3, -0.25) is 0 Å². The zero-order valence-corrected chi connectivity index (χ0v) is 11.4. The normalized spacial score (nSPS) is 27.9. The monoisotopic (exact) mass is 229 g/mol. The quantitative estimate of drug-likeness (QED) is 0.782. The molecule has 0 amide bonds. The molecular weight excluding hydrogens is 202 g/mol. The fraction of sp³-hybridized carbons (Fsp3) is 1.00. The lowest BCUT2D eigenvalue weighted by molar-refractivity contribution is -0.275. The number of nitrogens with zero attached hydrogens (tertiary/aromatic N) is 1. The van der Waals surface area contributed by atoms with E-state index in [1.165, 1.54) is 5.06 Å². The molecule has 16 heavy (non-hydrogen) atoms. The molecule has 1 aliphatic heterocycles. The van der Waals surface area contributed by atoms with Gasteiger partial charge < -0.3 is 10.3 Å². The SMILES string of the molecule is CCCCC1(O)CC(C)(C)N(O)C(C)(C)C1. The van der Waals surface area contributed by atoms with Crippen LogP contribution in [0.25, 0.3) is 0 Å². The molecule has 1 rings (SSSR count).